The standard InChI is InChI=1S/C15H14O2/c1-11-7-8-12(9-10-15(16)17-2)14-6-4-3-5-13(11)14/h3-10H,1-2H3. The molecular formula is C15H14O2. The van der Waals surface area contributed by atoms with Gasteiger partial charge in [0.2, 0.25) is 0 Å². The number of carbonyl (C=O) groups excluding carboxylic acids is 1. The van der Waals surface area contributed by atoms with E-state index in [0.29, 0.717) is 0 Å². The zero-order valence-corrected chi connectivity index (χ0v) is 9.94. The Morgan fingerprint density at radius 1 is 1.12 bits per heavy atom. The molecule has 0 unspecified atom stereocenters. The maximum absolute atomic E-state index is 11.1. The van der Waals surface area contributed by atoms with Crippen LogP contribution in [0.5, 0.6) is 0 Å². The Morgan fingerprint density at radius 2 is 1.82 bits per heavy atom. The average Bonchev–Trinajstić information content (AvgIpc) is 2.38. The van der Waals surface area contributed by atoms with Crippen molar-refractivity contribution in [2.45, 2.75) is 6.92 Å². The summed E-state index contributed by atoms with van der Waals surface area (Å²) in [7, 11) is 1.37. The summed E-state index contributed by atoms with van der Waals surface area (Å²) in [5, 5.41) is 2.35. The van der Waals surface area contributed by atoms with E-state index in [4.69, 9.17) is 0 Å². The van der Waals surface area contributed by atoms with Gasteiger partial charge in [-0.15, -0.1) is 0 Å². The van der Waals surface area contributed by atoms with Crippen molar-refractivity contribution in [3.05, 3.63) is 53.6 Å². The van der Waals surface area contributed by atoms with E-state index in [9.17, 15) is 4.79 Å². The quantitative estimate of drug-likeness (QED) is 0.580. The number of fused-ring (bicyclic) bond motifs is 1. The minimum absolute atomic E-state index is 0.338. The van der Waals surface area contributed by atoms with Crippen molar-refractivity contribution in [3.63, 3.8) is 0 Å². The summed E-state index contributed by atoms with van der Waals surface area (Å²) in [5.41, 5.74) is 2.26. The highest BCUT2D eigenvalue weighted by Gasteiger charge is 2.01. The smallest absolute Gasteiger partial charge is 0.330 e. The third-order valence-corrected chi connectivity index (χ3v) is 2.78. The lowest BCUT2D eigenvalue weighted by Crippen LogP contribution is -1.93. The van der Waals surface area contributed by atoms with Gasteiger partial charge < -0.3 is 4.74 Å². The van der Waals surface area contributed by atoms with Gasteiger partial charge in [-0.25, -0.2) is 4.79 Å². The molecule has 0 bridgehead atoms. The highest BCUT2D eigenvalue weighted by atomic mass is 16.5. The van der Waals surface area contributed by atoms with Crippen LogP contribution in [0.2, 0.25) is 0 Å². The minimum atomic E-state index is -0.338. The summed E-state index contributed by atoms with van der Waals surface area (Å²) in [6, 6.07) is 12.2. The van der Waals surface area contributed by atoms with Crippen molar-refractivity contribution in [1.29, 1.82) is 0 Å². The Balaban J connectivity index is 2.52. The third-order valence-electron chi connectivity index (χ3n) is 2.78. The highest BCUT2D eigenvalue weighted by molar-refractivity contribution is 5.96. The topological polar surface area (TPSA) is 26.3 Å². The number of rotatable bonds is 2. The number of aryl methyl sites for hydroxylation is 1. The number of ether oxygens (including phenoxy) is 1. The van der Waals surface area contributed by atoms with Crippen molar-refractivity contribution in [2.24, 2.45) is 0 Å². The van der Waals surface area contributed by atoms with Crippen molar-refractivity contribution in [3.8, 4) is 0 Å². The second-order valence-corrected chi connectivity index (χ2v) is 3.87. The van der Waals surface area contributed by atoms with Gasteiger partial charge in [-0.1, -0.05) is 36.4 Å². The first-order valence-electron chi connectivity index (χ1n) is 5.47. The SMILES string of the molecule is COC(=O)C=Cc1ccc(C)c2ccccc12. The maximum Gasteiger partial charge on any atom is 0.330 e. The minimum Gasteiger partial charge on any atom is -0.466 e. The Labute approximate surface area is 101 Å². The van der Waals surface area contributed by atoms with Crippen molar-refractivity contribution in [1.82, 2.24) is 0 Å². The third kappa shape index (κ3) is 2.36. The largest absolute Gasteiger partial charge is 0.466 e. The number of hydrogen-bond acceptors (Lipinski definition) is 2. The Hall–Kier alpha value is -2.09. The fraction of sp³-hybridized carbons (Fsp3) is 0.133. The molecule has 0 aromatic heterocycles. The van der Waals surface area contributed by atoms with Gasteiger partial charge in [0.25, 0.3) is 0 Å². The summed E-state index contributed by atoms with van der Waals surface area (Å²) in [4.78, 5) is 11.1. The van der Waals surface area contributed by atoms with Crippen LogP contribution in [0.3, 0.4) is 0 Å². The Bertz CT molecular complexity index is 582. The molecule has 2 rings (SSSR count). The van der Waals surface area contributed by atoms with Crippen molar-refractivity contribution in [2.75, 3.05) is 7.11 Å². The molecule has 0 amide bonds. The Morgan fingerprint density at radius 3 is 2.53 bits per heavy atom. The molecule has 2 aromatic carbocycles. The summed E-state index contributed by atoms with van der Waals surface area (Å²) >= 11 is 0. The molecule has 0 atom stereocenters. The first-order valence-corrected chi connectivity index (χ1v) is 5.47. The maximum atomic E-state index is 11.1. The van der Waals surface area contributed by atoms with E-state index in [1.54, 1.807) is 6.08 Å². The van der Waals surface area contributed by atoms with Crippen LogP contribution in [0.25, 0.3) is 16.8 Å². The van der Waals surface area contributed by atoms with E-state index in [-0.39, 0.29) is 5.97 Å². The molecule has 0 fully saturated rings. The molecule has 2 heteroatoms. The van der Waals surface area contributed by atoms with E-state index in [1.165, 1.54) is 24.1 Å². The van der Waals surface area contributed by atoms with Gasteiger partial charge in [-0.3, -0.25) is 0 Å². The summed E-state index contributed by atoms with van der Waals surface area (Å²) in [6.45, 7) is 2.08. The van der Waals surface area contributed by atoms with Gasteiger partial charge in [0, 0.05) is 6.08 Å². The number of hydrogen-bond donors (Lipinski definition) is 0. The van der Waals surface area contributed by atoms with Gasteiger partial charge >= 0.3 is 5.97 Å². The second kappa shape index (κ2) is 4.83. The first-order chi connectivity index (χ1) is 8.22. The molecule has 0 aliphatic carbocycles. The van der Waals surface area contributed by atoms with Crippen LogP contribution in [0, 0.1) is 6.92 Å². The van der Waals surface area contributed by atoms with Crippen LogP contribution in [0.1, 0.15) is 11.1 Å². The summed E-state index contributed by atoms with van der Waals surface area (Å²) in [5.74, 6) is -0.338. The van der Waals surface area contributed by atoms with E-state index < -0.39 is 0 Å². The Kier molecular flexibility index (Phi) is 3.24. The van der Waals surface area contributed by atoms with Crippen LogP contribution >= 0.6 is 0 Å². The lowest BCUT2D eigenvalue weighted by atomic mass is 10.00. The zero-order chi connectivity index (χ0) is 12.3. The van der Waals surface area contributed by atoms with E-state index >= 15 is 0 Å². The molecular weight excluding hydrogens is 212 g/mol. The van der Waals surface area contributed by atoms with E-state index in [1.807, 2.05) is 18.2 Å². The lowest BCUT2D eigenvalue weighted by Gasteiger charge is -2.05. The van der Waals surface area contributed by atoms with Gasteiger partial charge in [0.05, 0.1) is 7.11 Å². The number of carbonyl (C=O) groups is 1. The van der Waals surface area contributed by atoms with Crippen LogP contribution in [-0.2, 0) is 9.53 Å². The van der Waals surface area contributed by atoms with Gasteiger partial charge in [0.15, 0.2) is 0 Å². The molecule has 86 valence electrons. The normalized spacial score (nSPS) is 10.9. The van der Waals surface area contributed by atoms with Crippen LogP contribution in [-0.4, -0.2) is 13.1 Å². The molecule has 0 aliphatic heterocycles. The van der Waals surface area contributed by atoms with E-state index in [0.717, 1.165) is 10.9 Å². The average molecular weight is 226 g/mol. The molecule has 0 N–H and O–H groups in total. The molecule has 0 aliphatic rings. The zero-order valence-electron chi connectivity index (χ0n) is 9.94. The first kappa shape index (κ1) is 11.4. The van der Waals surface area contributed by atoms with Crippen LogP contribution < -0.4 is 0 Å². The summed E-state index contributed by atoms with van der Waals surface area (Å²) in [6.07, 6.45) is 3.23. The van der Waals surface area contributed by atoms with Gasteiger partial charge in [-0.2, -0.15) is 0 Å². The highest BCUT2D eigenvalue weighted by Crippen LogP contribution is 2.23. The molecule has 2 nitrogen and oxygen atoms in total. The molecule has 0 radical (unpaired) electrons. The molecule has 2 aromatic rings. The van der Waals surface area contributed by atoms with E-state index in [2.05, 4.69) is 29.9 Å². The number of benzene rings is 2. The molecule has 0 saturated carbocycles. The van der Waals surface area contributed by atoms with Crippen LogP contribution in [0.15, 0.2) is 42.5 Å². The van der Waals surface area contributed by atoms with Gasteiger partial charge in [0.1, 0.15) is 0 Å². The number of methoxy groups -OCH3 is 1. The summed E-state index contributed by atoms with van der Waals surface area (Å²) < 4.78 is 4.58. The second-order valence-electron chi connectivity index (χ2n) is 3.87. The van der Waals surface area contributed by atoms with Crippen LogP contribution in [0.4, 0.5) is 0 Å². The van der Waals surface area contributed by atoms with Gasteiger partial charge in [-0.05, 0) is 34.9 Å². The fourth-order valence-electron chi connectivity index (χ4n) is 1.84. The molecule has 17 heavy (non-hydrogen) atoms. The fourth-order valence-corrected chi connectivity index (χ4v) is 1.84. The molecule has 0 heterocycles. The monoisotopic (exact) mass is 226 g/mol. The molecule has 0 saturated heterocycles. The lowest BCUT2D eigenvalue weighted by molar-refractivity contribution is -0.134. The predicted octanol–water partition coefficient (Wildman–Crippen LogP) is 3.33. The predicted molar refractivity (Wildman–Crippen MR) is 69.7 cm³/mol. The van der Waals surface area contributed by atoms with Crippen molar-refractivity contribution < 1.29 is 9.53 Å². The molecule has 0 spiro atoms. The number of esters is 1. The van der Waals surface area contributed by atoms with Crippen molar-refractivity contribution >= 4 is 22.8 Å².